The summed E-state index contributed by atoms with van der Waals surface area (Å²) in [4.78, 5) is 0. The number of alkyl halides is 4. The van der Waals surface area contributed by atoms with E-state index in [-0.39, 0.29) is 5.88 Å². The van der Waals surface area contributed by atoms with Crippen LogP contribution in [0.4, 0.5) is 13.2 Å². The number of nitrogens with zero attached hydrogens (tertiary/aromatic N) is 3. The molecule has 0 saturated carbocycles. The standard InChI is InChI=1S/C17H13ClF3N3O/c1-25-14-8-2-11(3-9-14)16-15(10-18)22-23-24(16)13-6-4-12(5-7-13)17(19,20)21/h2-9H,10H2,1H3. The molecule has 0 amide bonds. The van der Waals surface area contributed by atoms with Gasteiger partial charge in [-0.05, 0) is 48.5 Å². The van der Waals surface area contributed by atoms with E-state index >= 15 is 0 Å². The molecule has 0 atom stereocenters. The molecule has 4 nitrogen and oxygen atoms in total. The molecule has 1 aromatic heterocycles. The van der Waals surface area contributed by atoms with Crippen molar-refractivity contribution in [3.05, 3.63) is 59.8 Å². The minimum atomic E-state index is -4.39. The number of ether oxygens (including phenoxy) is 1. The third kappa shape index (κ3) is 3.46. The van der Waals surface area contributed by atoms with Crippen LogP contribution < -0.4 is 4.74 Å². The summed E-state index contributed by atoms with van der Waals surface area (Å²) >= 11 is 5.94. The van der Waals surface area contributed by atoms with Gasteiger partial charge in [0.15, 0.2) is 0 Å². The maximum Gasteiger partial charge on any atom is 0.416 e. The van der Waals surface area contributed by atoms with E-state index in [4.69, 9.17) is 16.3 Å². The van der Waals surface area contributed by atoms with Gasteiger partial charge in [0.25, 0.3) is 0 Å². The van der Waals surface area contributed by atoms with E-state index in [2.05, 4.69) is 10.3 Å². The first kappa shape index (κ1) is 17.3. The third-order valence-electron chi connectivity index (χ3n) is 3.67. The summed E-state index contributed by atoms with van der Waals surface area (Å²) in [6.07, 6.45) is -4.39. The Balaban J connectivity index is 2.06. The molecule has 8 heteroatoms. The van der Waals surface area contributed by atoms with Crippen molar-refractivity contribution in [3.63, 3.8) is 0 Å². The highest BCUT2D eigenvalue weighted by atomic mass is 35.5. The van der Waals surface area contributed by atoms with Crippen molar-refractivity contribution >= 4 is 11.6 Å². The van der Waals surface area contributed by atoms with Crippen LogP contribution in [0.2, 0.25) is 0 Å². The van der Waals surface area contributed by atoms with Crippen LogP contribution in [0.1, 0.15) is 11.3 Å². The van der Waals surface area contributed by atoms with Gasteiger partial charge in [-0.25, -0.2) is 4.68 Å². The van der Waals surface area contributed by atoms with Crippen molar-refractivity contribution in [2.45, 2.75) is 12.1 Å². The molecule has 3 aromatic rings. The summed E-state index contributed by atoms with van der Waals surface area (Å²) in [7, 11) is 1.56. The van der Waals surface area contributed by atoms with Crippen LogP contribution in [-0.2, 0) is 12.1 Å². The van der Waals surface area contributed by atoms with Crippen LogP contribution in [0.3, 0.4) is 0 Å². The van der Waals surface area contributed by atoms with Crippen LogP contribution in [-0.4, -0.2) is 22.1 Å². The predicted molar refractivity (Wildman–Crippen MR) is 87.9 cm³/mol. The smallest absolute Gasteiger partial charge is 0.416 e. The lowest BCUT2D eigenvalue weighted by Crippen LogP contribution is -2.06. The second-order valence-corrected chi connectivity index (χ2v) is 5.47. The van der Waals surface area contributed by atoms with Crippen molar-refractivity contribution in [3.8, 4) is 22.7 Å². The predicted octanol–water partition coefficient (Wildman–Crippen LogP) is 4.70. The Labute approximate surface area is 146 Å². The largest absolute Gasteiger partial charge is 0.497 e. The normalized spacial score (nSPS) is 11.6. The Kier molecular flexibility index (Phi) is 4.67. The maximum atomic E-state index is 12.7. The van der Waals surface area contributed by atoms with Gasteiger partial charge in [-0.15, -0.1) is 16.7 Å². The van der Waals surface area contributed by atoms with Crippen LogP contribution in [0.5, 0.6) is 5.75 Å². The number of halogens is 4. The summed E-state index contributed by atoms with van der Waals surface area (Å²) in [6, 6.07) is 11.9. The van der Waals surface area contributed by atoms with E-state index < -0.39 is 11.7 Å². The van der Waals surface area contributed by atoms with Crippen LogP contribution in [0, 0.1) is 0 Å². The molecule has 25 heavy (non-hydrogen) atoms. The minimum Gasteiger partial charge on any atom is -0.497 e. The Morgan fingerprint density at radius 3 is 2.20 bits per heavy atom. The van der Waals surface area contributed by atoms with Gasteiger partial charge >= 0.3 is 6.18 Å². The quantitative estimate of drug-likeness (QED) is 0.627. The van der Waals surface area contributed by atoms with Crippen molar-refractivity contribution in [2.75, 3.05) is 7.11 Å². The van der Waals surface area contributed by atoms with Crippen LogP contribution >= 0.6 is 11.6 Å². The average Bonchev–Trinajstić information content (AvgIpc) is 3.05. The van der Waals surface area contributed by atoms with Crippen molar-refractivity contribution in [1.29, 1.82) is 0 Å². The summed E-state index contributed by atoms with van der Waals surface area (Å²) in [5.41, 5.74) is 1.67. The fourth-order valence-corrected chi connectivity index (χ4v) is 2.59. The fourth-order valence-electron chi connectivity index (χ4n) is 2.41. The number of rotatable bonds is 4. The first-order chi connectivity index (χ1) is 11.9. The SMILES string of the molecule is COc1ccc(-c2c(CCl)nnn2-c2ccc(C(F)(F)F)cc2)cc1. The Morgan fingerprint density at radius 2 is 1.68 bits per heavy atom. The maximum absolute atomic E-state index is 12.7. The third-order valence-corrected chi connectivity index (χ3v) is 3.92. The van der Waals surface area contributed by atoms with Gasteiger partial charge in [-0.3, -0.25) is 0 Å². The molecule has 0 aliphatic rings. The topological polar surface area (TPSA) is 39.9 Å². The van der Waals surface area contributed by atoms with E-state index in [9.17, 15) is 13.2 Å². The number of hydrogen-bond acceptors (Lipinski definition) is 3. The monoisotopic (exact) mass is 367 g/mol. The molecule has 130 valence electrons. The molecule has 1 heterocycles. The van der Waals surface area contributed by atoms with Crippen molar-refractivity contribution in [1.82, 2.24) is 15.0 Å². The van der Waals surface area contributed by atoms with Gasteiger partial charge in [0.05, 0.1) is 29.9 Å². The zero-order valence-corrected chi connectivity index (χ0v) is 13.8. The van der Waals surface area contributed by atoms with Crippen molar-refractivity contribution in [2.24, 2.45) is 0 Å². The zero-order chi connectivity index (χ0) is 18.0. The molecule has 0 unspecified atom stereocenters. The van der Waals surface area contributed by atoms with E-state index in [1.165, 1.54) is 16.8 Å². The molecule has 3 rings (SSSR count). The highest BCUT2D eigenvalue weighted by Crippen LogP contribution is 2.31. The molecule has 0 N–H and O–H groups in total. The molecule has 0 spiro atoms. The van der Waals surface area contributed by atoms with Gasteiger partial charge in [0.2, 0.25) is 0 Å². The minimum absolute atomic E-state index is 0.127. The number of aromatic nitrogens is 3. The Bertz CT molecular complexity index is 858. The second-order valence-electron chi connectivity index (χ2n) is 5.20. The molecule has 0 aliphatic heterocycles. The molecule has 0 fully saturated rings. The summed E-state index contributed by atoms with van der Waals surface area (Å²) < 4.78 is 44.8. The molecule has 0 radical (unpaired) electrons. The summed E-state index contributed by atoms with van der Waals surface area (Å²) in [5, 5.41) is 8.07. The van der Waals surface area contributed by atoms with Gasteiger partial charge in [0.1, 0.15) is 11.4 Å². The zero-order valence-electron chi connectivity index (χ0n) is 13.1. The average molecular weight is 368 g/mol. The Morgan fingerprint density at radius 1 is 1.04 bits per heavy atom. The van der Waals surface area contributed by atoms with Crippen molar-refractivity contribution < 1.29 is 17.9 Å². The lowest BCUT2D eigenvalue weighted by atomic mass is 10.1. The second kappa shape index (κ2) is 6.76. The van der Waals surface area contributed by atoms with Crippen LogP contribution in [0.25, 0.3) is 16.9 Å². The highest BCUT2D eigenvalue weighted by Gasteiger charge is 2.30. The van der Waals surface area contributed by atoms with Gasteiger partial charge in [-0.1, -0.05) is 5.21 Å². The number of hydrogen-bond donors (Lipinski definition) is 0. The Hall–Kier alpha value is -2.54. The van der Waals surface area contributed by atoms with E-state index in [1.807, 2.05) is 12.1 Å². The first-order valence-electron chi connectivity index (χ1n) is 7.26. The van der Waals surface area contributed by atoms with E-state index in [0.29, 0.717) is 22.8 Å². The highest BCUT2D eigenvalue weighted by molar-refractivity contribution is 6.17. The molecular weight excluding hydrogens is 355 g/mol. The lowest BCUT2D eigenvalue weighted by Gasteiger charge is -2.10. The summed E-state index contributed by atoms with van der Waals surface area (Å²) in [5.74, 6) is 0.812. The molecule has 0 saturated heterocycles. The van der Waals surface area contributed by atoms with Gasteiger partial charge in [-0.2, -0.15) is 13.2 Å². The lowest BCUT2D eigenvalue weighted by molar-refractivity contribution is -0.137. The summed E-state index contributed by atoms with van der Waals surface area (Å²) in [6.45, 7) is 0. The number of methoxy groups -OCH3 is 1. The van der Waals surface area contributed by atoms with Gasteiger partial charge in [0, 0.05) is 5.56 Å². The first-order valence-corrected chi connectivity index (χ1v) is 7.80. The molecular formula is C17H13ClF3N3O. The molecule has 2 aromatic carbocycles. The fraction of sp³-hybridized carbons (Fsp3) is 0.176. The van der Waals surface area contributed by atoms with E-state index in [0.717, 1.165) is 17.7 Å². The molecule has 0 bridgehead atoms. The molecule has 0 aliphatic carbocycles. The van der Waals surface area contributed by atoms with E-state index in [1.54, 1.807) is 19.2 Å². The van der Waals surface area contributed by atoms with Crippen LogP contribution in [0.15, 0.2) is 48.5 Å². The number of benzene rings is 2. The van der Waals surface area contributed by atoms with Gasteiger partial charge < -0.3 is 4.74 Å².